The second kappa shape index (κ2) is 6.25. The van der Waals surface area contributed by atoms with E-state index < -0.39 is 17.3 Å². The summed E-state index contributed by atoms with van der Waals surface area (Å²) >= 11 is 6.11. The molecule has 0 saturated carbocycles. The first-order valence-electron chi connectivity index (χ1n) is 6.97. The lowest BCUT2D eigenvalue weighted by Gasteiger charge is -2.29. The normalized spacial score (nSPS) is 16.8. The van der Waals surface area contributed by atoms with E-state index in [1.54, 1.807) is 6.07 Å². The molecule has 1 aliphatic rings. The summed E-state index contributed by atoms with van der Waals surface area (Å²) in [7, 11) is 0. The predicted octanol–water partition coefficient (Wildman–Crippen LogP) is 0.994. The van der Waals surface area contributed by atoms with E-state index in [1.807, 2.05) is 6.92 Å². The van der Waals surface area contributed by atoms with Crippen LogP contribution in [0.15, 0.2) is 12.1 Å². The van der Waals surface area contributed by atoms with Crippen molar-refractivity contribution in [3.05, 3.63) is 22.7 Å². The van der Waals surface area contributed by atoms with Gasteiger partial charge in [-0.15, -0.1) is 0 Å². The van der Waals surface area contributed by atoms with Gasteiger partial charge in [0.25, 0.3) is 5.91 Å². The highest BCUT2D eigenvalue weighted by Crippen LogP contribution is 2.37. The zero-order chi connectivity index (χ0) is 17.4. The third-order valence-corrected chi connectivity index (χ3v) is 3.87. The molecule has 0 saturated heterocycles. The zero-order valence-corrected chi connectivity index (χ0v) is 13.7. The van der Waals surface area contributed by atoms with Gasteiger partial charge >= 0.3 is 0 Å². The molecule has 7 nitrogen and oxygen atoms in total. The Kier molecular flexibility index (Phi) is 4.72. The largest absolute Gasteiger partial charge is 0.549 e. The number of carboxylic acids is 1. The molecule has 1 N–H and O–H groups in total. The van der Waals surface area contributed by atoms with Gasteiger partial charge < -0.3 is 19.4 Å². The number of hydrogen-bond acceptors (Lipinski definition) is 6. The standard InChI is InChI=1S/C15H18ClNO6/c1-8-7-22-11-5-10(16)9(4-12(11)23-8)6-17(21)13(18)15(2,3)14(19)20/h4-5,8,21H,6-7H2,1-3H3,(H,19,20)/p-1. The molecule has 1 atom stereocenters. The number of fused-ring (bicyclic) bond motifs is 1. The van der Waals surface area contributed by atoms with E-state index in [2.05, 4.69) is 0 Å². The highest BCUT2D eigenvalue weighted by atomic mass is 35.5. The van der Waals surface area contributed by atoms with E-state index in [4.69, 9.17) is 21.1 Å². The first-order chi connectivity index (χ1) is 10.6. The number of hydrogen-bond donors (Lipinski definition) is 1. The molecule has 1 amide bonds. The Morgan fingerprint density at radius 1 is 1.43 bits per heavy atom. The minimum absolute atomic E-state index is 0.139. The third-order valence-electron chi connectivity index (χ3n) is 3.51. The molecule has 23 heavy (non-hydrogen) atoms. The quantitative estimate of drug-likeness (QED) is 0.498. The van der Waals surface area contributed by atoms with Crippen LogP contribution in [0.25, 0.3) is 0 Å². The van der Waals surface area contributed by atoms with Gasteiger partial charge in [-0.1, -0.05) is 11.6 Å². The van der Waals surface area contributed by atoms with E-state index in [-0.39, 0.29) is 17.7 Å². The third kappa shape index (κ3) is 3.51. The molecule has 1 aliphatic heterocycles. The molecular weight excluding hydrogens is 326 g/mol. The average Bonchev–Trinajstić information content (AvgIpc) is 2.47. The first-order valence-corrected chi connectivity index (χ1v) is 7.35. The number of carboxylic acid groups (broad SMARTS) is 1. The van der Waals surface area contributed by atoms with Gasteiger partial charge in [-0.05, 0) is 32.4 Å². The van der Waals surface area contributed by atoms with E-state index in [9.17, 15) is 19.9 Å². The van der Waals surface area contributed by atoms with Crippen LogP contribution in [-0.2, 0) is 16.1 Å². The molecule has 0 spiro atoms. The molecule has 0 bridgehead atoms. The fourth-order valence-corrected chi connectivity index (χ4v) is 2.22. The highest BCUT2D eigenvalue weighted by Gasteiger charge is 2.33. The molecular formula is C15H17ClNO6-. The Labute approximate surface area is 138 Å². The second-order valence-electron chi connectivity index (χ2n) is 5.91. The Morgan fingerprint density at radius 3 is 2.70 bits per heavy atom. The number of nitrogens with zero attached hydrogens (tertiary/aromatic N) is 1. The average molecular weight is 343 g/mol. The molecule has 0 radical (unpaired) electrons. The molecule has 0 aromatic heterocycles. The lowest BCUT2D eigenvalue weighted by molar-refractivity contribution is -0.317. The molecule has 1 unspecified atom stereocenters. The van der Waals surface area contributed by atoms with Crippen molar-refractivity contribution in [3.8, 4) is 11.5 Å². The number of aliphatic carboxylic acids is 1. The van der Waals surface area contributed by atoms with E-state index >= 15 is 0 Å². The monoisotopic (exact) mass is 342 g/mol. The Hall–Kier alpha value is -1.99. The Balaban J connectivity index is 2.21. The smallest absolute Gasteiger partial charge is 0.257 e. The van der Waals surface area contributed by atoms with Gasteiger partial charge in [-0.2, -0.15) is 0 Å². The fraction of sp³-hybridized carbons (Fsp3) is 0.467. The SMILES string of the molecule is CC1COc2cc(Cl)c(CN(O)C(=O)C(C)(C)C(=O)[O-])cc2O1. The van der Waals surface area contributed by atoms with Crippen molar-refractivity contribution in [2.45, 2.75) is 33.4 Å². The van der Waals surface area contributed by atoms with Gasteiger partial charge in [0.2, 0.25) is 0 Å². The van der Waals surface area contributed by atoms with Crippen molar-refractivity contribution < 1.29 is 29.4 Å². The van der Waals surface area contributed by atoms with Crippen LogP contribution in [0.1, 0.15) is 26.3 Å². The zero-order valence-electron chi connectivity index (χ0n) is 13.0. The van der Waals surface area contributed by atoms with Gasteiger partial charge in [-0.3, -0.25) is 10.0 Å². The summed E-state index contributed by atoms with van der Waals surface area (Å²) in [5.41, 5.74) is -1.46. The number of benzene rings is 1. The fourth-order valence-electron chi connectivity index (χ4n) is 2.00. The van der Waals surface area contributed by atoms with E-state index in [1.165, 1.54) is 6.07 Å². The molecule has 1 aromatic rings. The van der Waals surface area contributed by atoms with Crippen LogP contribution in [0.5, 0.6) is 11.5 Å². The van der Waals surface area contributed by atoms with Crippen LogP contribution >= 0.6 is 11.6 Å². The minimum atomic E-state index is -1.86. The molecule has 2 rings (SSSR count). The molecule has 1 heterocycles. The van der Waals surface area contributed by atoms with Crippen LogP contribution in [0.4, 0.5) is 0 Å². The Bertz CT molecular complexity index is 645. The van der Waals surface area contributed by atoms with Gasteiger partial charge in [0.05, 0.1) is 17.9 Å². The summed E-state index contributed by atoms with van der Waals surface area (Å²) in [4.78, 5) is 23.0. The number of hydroxylamine groups is 2. The van der Waals surface area contributed by atoms with Gasteiger partial charge in [0.15, 0.2) is 11.5 Å². The van der Waals surface area contributed by atoms with Gasteiger partial charge in [0.1, 0.15) is 12.7 Å². The minimum Gasteiger partial charge on any atom is -0.549 e. The topological polar surface area (TPSA) is 99.1 Å². The second-order valence-corrected chi connectivity index (χ2v) is 6.31. The number of ether oxygens (including phenoxy) is 2. The summed E-state index contributed by atoms with van der Waals surface area (Å²) in [5, 5.41) is 21.4. The van der Waals surface area contributed by atoms with Crippen LogP contribution in [0.3, 0.4) is 0 Å². The summed E-state index contributed by atoms with van der Waals surface area (Å²) < 4.78 is 11.1. The first kappa shape index (κ1) is 17.4. The van der Waals surface area contributed by atoms with Crippen molar-refractivity contribution >= 4 is 23.5 Å². The molecule has 0 fully saturated rings. The molecule has 126 valence electrons. The maximum atomic E-state index is 12.0. The highest BCUT2D eigenvalue weighted by molar-refractivity contribution is 6.31. The maximum Gasteiger partial charge on any atom is 0.257 e. The van der Waals surface area contributed by atoms with Crippen molar-refractivity contribution in [2.24, 2.45) is 5.41 Å². The number of carbonyl (C=O) groups is 2. The van der Waals surface area contributed by atoms with Crippen molar-refractivity contribution in [2.75, 3.05) is 6.61 Å². The number of carbonyl (C=O) groups excluding carboxylic acids is 2. The Morgan fingerprint density at radius 2 is 2.09 bits per heavy atom. The van der Waals surface area contributed by atoms with Crippen LogP contribution in [-0.4, -0.2) is 34.9 Å². The lowest BCUT2D eigenvalue weighted by Crippen LogP contribution is -2.49. The summed E-state index contributed by atoms with van der Waals surface area (Å²) in [6, 6.07) is 3.08. The summed E-state index contributed by atoms with van der Waals surface area (Å²) in [5.74, 6) is -1.66. The van der Waals surface area contributed by atoms with Crippen LogP contribution in [0, 0.1) is 5.41 Å². The maximum absolute atomic E-state index is 12.0. The van der Waals surface area contributed by atoms with Crippen molar-refractivity contribution in [3.63, 3.8) is 0 Å². The van der Waals surface area contributed by atoms with Crippen LogP contribution < -0.4 is 14.6 Å². The van der Waals surface area contributed by atoms with Crippen LogP contribution in [0.2, 0.25) is 5.02 Å². The molecule has 0 aliphatic carbocycles. The molecule has 1 aromatic carbocycles. The summed E-state index contributed by atoms with van der Waals surface area (Å²) in [6.45, 7) is 4.25. The molecule has 8 heteroatoms. The lowest BCUT2D eigenvalue weighted by atomic mass is 9.92. The van der Waals surface area contributed by atoms with Gasteiger partial charge in [0, 0.05) is 11.1 Å². The summed E-state index contributed by atoms with van der Waals surface area (Å²) in [6.07, 6.45) is -0.139. The number of rotatable bonds is 4. The number of amides is 1. The predicted molar refractivity (Wildman–Crippen MR) is 78.2 cm³/mol. The van der Waals surface area contributed by atoms with E-state index in [0.717, 1.165) is 13.8 Å². The van der Waals surface area contributed by atoms with Crippen molar-refractivity contribution in [1.29, 1.82) is 0 Å². The number of halogens is 1. The van der Waals surface area contributed by atoms with Gasteiger partial charge in [-0.25, -0.2) is 5.06 Å². The van der Waals surface area contributed by atoms with E-state index in [0.29, 0.717) is 28.7 Å². The van der Waals surface area contributed by atoms with Crippen molar-refractivity contribution in [1.82, 2.24) is 5.06 Å².